The Hall–Kier alpha value is -3.88. The van der Waals surface area contributed by atoms with Crippen LogP contribution in [0.5, 0.6) is 0 Å². The second-order valence-electron chi connectivity index (χ2n) is 8.13. The van der Waals surface area contributed by atoms with E-state index >= 15 is 0 Å². The van der Waals surface area contributed by atoms with E-state index in [1.165, 1.54) is 21.4 Å². The molecule has 0 aliphatic heterocycles. The van der Waals surface area contributed by atoms with Crippen LogP contribution in [-0.4, -0.2) is 24.4 Å². The number of fused-ring (bicyclic) bond motifs is 1. The molecule has 0 aliphatic rings. The van der Waals surface area contributed by atoms with E-state index in [0.717, 1.165) is 32.5 Å². The van der Waals surface area contributed by atoms with Crippen LogP contribution in [0.4, 0.5) is 0 Å². The molecule has 6 rings (SSSR count). The van der Waals surface area contributed by atoms with E-state index in [0.29, 0.717) is 15.3 Å². The van der Waals surface area contributed by atoms with Gasteiger partial charge in [-0.1, -0.05) is 87.4 Å². The minimum Gasteiger partial charge on any atom is -0.266 e. The molecule has 0 saturated heterocycles. The van der Waals surface area contributed by atoms with Crippen LogP contribution in [0, 0.1) is 6.92 Å². The summed E-state index contributed by atoms with van der Waals surface area (Å²) >= 11 is 4.76. The van der Waals surface area contributed by atoms with Crippen LogP contribution in [0.15, 0.2) is 94.3 Å². The van der Waals surface area contributed by atoms with Crippen LogP contribution in [0.3, 0.4) is 0 Å². The highest BCUT2D eigenvalue weighted by molar-refractivity contribution is 9.10. The summed E-state index contributed by atoms with van der Waals surface area (Å²) in [7, 11) is 0. The molecule has 6 aromatic rings. The number of hydrogen-bond acceptors (Lipinski definition) is 5. The first-order valence-electron chi connectivity index (χ1n) is 10.9. The minimum absolute atomic E-state index is 0.192. The fourth-order valence-electron chi connectivity index (χ4n) is 3.84. The van der Waals surface area contributed by atoms with Crippen molar-refractivity contribution < 1.29 is 0 Å². The Morgan fingerprint density at radius 1 is 0.886 bits per heavy atom. The number of halogens is 1. The van der Waals surface area contributed by atoms with Gasteiger partial charge in [0.15, 0.2) is 5.82 Å². The Morgan fingerprint density at radius 3 is 2.31 bits per heavy atom. The molecule has 0 saturated carbocycles. The van der Waals surface area contributed by atoms with Crippen LogP contribution in [0.25, 0.3) is 39.4 Å². The van der Waals surface area contributed by atoms with Gasteiger partial charge in [-0.25, -0.2) is 4.68 Å². The zero-order chi connectivity index (χ0) is 23.9. The Balaban J connectivity index is 1.48. The molecule has 0 spiro atoms. The molecule has 0 bridgehead atoms. The summed E-state index contributed by atoms with van der Waals surface area (Å²) in [5, 5.41) is 9.32. The van der Waals surface area contributed by atoms with Crippen LogP contribution in [0.2, 0.25) is 0 Å². The van der Waals surface area contributed by atoms with Crippen molar-refractivity contribution in [3.8, 4) is 28.3 Å². The molecule has 0 N–H and O–H groups in total. The van der Waals surface area contributed by atoms with Gasteiger partial charge in [0.25, 0.3) is 5.56 Å². The van der Waals surface area contributed by atoms with E-state index < -0.39 is 0 Å². The largest absolute Gasteiger partial charge is 0.291 e. The topological polar surface area (TPSA) is 65.1 Å². The van der Waals surface area contributed by atoms with Crippen LogP contribution >= 0.6 is 27.3 Å². The molecule has 3 aromatic heterocycles. The summed E-state index contributed by atoms with van der Waals surface area (Å²) in [6.45, 7) is 2.06. The highest BCUT2D eigenvalue weighted by Crippen LogP contribution is 2.25. The number of benzene rings is 3. The van der Waals surface area contributed by atoms with Crippen LogP contribution in [-0.2, 0) is 0 Å². The molecule has 0 radical (unpaired) electrons. The number of hydrogen-bond donors (Lipinski definition) is 0. The Kier molecular flexibility index (Phi) is 5.39. The van der Waals surface area contributed by atoms with Gasteiger partial charge in [0.2, 0.25) is 4.96 Å². The molecule has 0 fully saturated rings. The van der Waals surface area contributed by atoms with Crippen molar-refractivity contribution in [1.29, 1.82) is 0 Å². The molecule has 0 unspecified atom stereocenters. The quantitative estimate of drug-likeness (QED) is 0.305. The summed E-state index contributed by atoms with van der Waals surface area (Å²) in [4.78, 5) is 18.4. The highest BCUT2D eigenvalue weighted by Gasteiger charge is 2.15. The lowest BCUT2D eigenvalue weighted by molar-refractivity contribution is 0.884. The average molecular weight is 540 g/mol. The normalized spacial score (nSPS) is 12.0. The van der Waals surface area contributed by atoms with Crippen molar-refractivity contribution in [2.24, 2.45) is 0 Å². The van der Waals surface area contributed by atoms with Crippen molar-refractivity contribution in [3.63, 3.8) is 0 Å². The van der Waals surface area contributed by atoms with Gasteiger partial charge in [0, 0.05) is 27.4 Å². The molecule has 0 amide bonds. The molecule has 170 valence electrons. The fraction of sp³-hybridized carbons (Fsp3) is 0.0370. The first kappa shape index (κ1) is 21.6. The van der Waals surface area contributed by atoms with Crippen LogP contribution in [0.1, 0.15) is 11.1 Å². The van der Waals surface area contributed by atoms with E-state index in [9.17, 15) is 4.79 Å². The average Bonchev–Trinajstić information content (AvgIpc) is 3.56. The summed E-state index contributed by atoms with van der Waals surface area (Å²) in [5.74, 6) is 0.532. The number of rotatable bonds is 4. The zero-order valence-corrected chi connectivity index (χ0v) is 21.0. The third-order valence-electron chi connectivity index (χ3n) is 5.66. The van der Waals surface area contributed by atoms with E-state index in [2.05, 4.69) is 57.2 Å². The van der Waals surface area contributed by atoms with E-state index in [1.807, 2.05) is 71.6 Å². The van der Waals surface area contributed by atoms with E-state index in [4.69, 9.17) is 5.10 Å². The molecule has 0 atom stereocenters. The van der Waals surface area contributed by atoms with Crippen LogP contribution < -0.4 is 10.1 Å². The summed E-state index contributed by atoms with van der Waals surface area (Å²) < 4.78 is 4.75. The molecule has 0 aliphatic carbocycles. The smallest absolute Gasteiger partial charge is 0.266 e. The number of para-hydroxylation sites is 1. The molecule has 35 heavy (non-hydrogen) atoms. The van der Waals surface area contributed by atoms with E-state index in [-0.39, 0.29) is 5.56 Å². The standard InChI is InChI=1S/C27H18BrN5OS/c1-17-7-9-18(10-8-17)24-20(16-32(30-24)22-5-3-2-4-6-22)15-23-26(34)33-27(35-23)29-25(31-33)19-11-13-21(28)14-12-19/h2-16H,1H3/b23-15-. The highest BCUT2D eigenvalue weighted by atomic mass is 79.9. The van der Waals surface area contributed by atoms with Crippen molar-refractivity contribution in [1.82, 2.24) is 24.4 Å². The van der Waals surface area contributed by atoms with Gasteiger partial charge in [0.1, 0.15) is 0 Å². The van der Waals surface area contributed by atoms with Gasteiger partial charge < -0.3 is 0 Å². The lowest BCUT2D eigenvalue weighted by Crippen LogP contribution is -2.23. The maximum atomic E-state index is 13.2. The monoisotopic (exact) mass is 539 g/mol. The molecular weight excluding hydrogens is 522 g/mol. The number of nitrogens with zero attached hydrogens (tertiary/aromatic N) is 5. The van der Waals surface area contributed by atoms with Crippen molar-refractivity contribution in [3.05, 3.63) is 116 Å². The van der Waals surface area contributed by atoms with Gasteiger partial charge in [-0.05, 0) is 37.3 Å². The predicted octanol–water partition coefficient (Wildman–Crippen LogP) is 5.29. The Bertz CT molecular complexity index is 1770. The third kappa shape index (κ3) is 4.11. The number of aryl methyl sites for hydroxylation is 1. The zero-order valence-electron chi connectivity index (χ0n) is 18.6. The Labute approximate surface area is 213 Å². The van der Waals surface area contributed by atoms with Gasteiger partial charge in [-0.15, -0.1) is 5.10 Å². The van der Waals surface area contributed by atoms with Gasteiger partial charge >= 0.3 is 0 Å². The predicted molar refractivity (Wildman–Crippen MR) is 143 cm³/mol. The van der Waals surface area contributed by atoms with Crippen molar-refractivity contribution in [2.75, 3.05) is 0 Å². The first-order chi connectivity index (χ1) is 17.0. The fourth-order valence-corrected chi connectivity index (χ4v) is 5.00. The molecule has 3 heterocycles. The van der Waals surface area contributed by atoms with Gasteiger partial charge in [-0.2, -0.15) is 14.6 Å². The second kappa shape index (κ2) is 8.72. The SMILES string of the molecule is Cc1ccc(-c2nn(-c3ccccc3)cc2/C=c2\sc3nc(-c4ccc(Br)cc4)nn3c2=O)cc1. The van der Waals surface area contributed by atoms with Gasteiger partial charge in [0.05, 0.1) is 15.9 Å². The summed E-state index contributed by atoms with van der Waals surface area (Å²) in [5.41, 5.74) is 5.44. The molecule has 6 nitrogen and oxygen atoms in total. The van der Waals surface area contributed by atoms with E-state index in [1.54, 1.807) is 0 Å². The first-order valence-corrected chi connectivity index (χ1v) is 12.6. The summed E-state index contributed by atoms with van der Waals surface area (Å²) in [6, 6.07) is 25.9. The van der Waals surface area contributed by atoms with Crippen molar-refractivity contribution >= 4 is 38.3 Å². The molecule has 8 heteroatoms. The maximum Gasteiger partial charge on any atom is 0.291 e. The Morgan fingerprint density at radius 2 is 1.60 bits per heavy atom. The minimum atomic E-state index is -0.192. The maximum absolute atomic E-state index is 13.2. The summed E-state index contributed by atoms with van der Waals surface area (Å²) in [6.07, 6.45) is 3.83. The lowest BCUT2D eigenvalue weighted by Gasteiger charge is -2.01. The number of thiazole rings is 1. The number of aromatic nitrogens is 5. The van der Waals surface area contributed by atoms with Crippen molar-refractivity contribution in [2.45, 2.75) is 6.92 Å². The lowest BCUT2D eigenvalue weighted by atomic mass is 10.1. The second-order valence-corrected chi connectivity index (χ2v) is 10.1. The molecular formula is C27H18BrN5OS. The van der Waals surface area contributed by atoms with Gasteiger partial charge in [-0.3, -0.25) is 4.79 Å². The third-order valence-corrected chi connectivity index (χ3v) is 7.15. The molecule has 3 aromatic carbocycles.